The van der Waals surface area contributed by atoms with Crippen molar-refractivity contribution in [2.45, 2.75) is 32.7 Å². The fraction of sp³-hybridized carbons (Fsp3) is 0.208. The minimum atomic E-state index is -0.213. The minimum absolute atomic E-state index is 0.0338. The summed E-state index contributed by atoms with van der Waals surface area (Å²) in [5, 5.41) is 3.31. The van der Waals surface area contributed by atoms with E-state index in [-0.39, 0.29) is 17.6 Å². The summed E-state index contributed by atoms with van der Waals surface area (Å²) in [5.74, 6) is 2.74. The van der Waals surface area contributed by atoms with E-state index in [0.717, 1.165) is 22.8 Å². The molecule has 31 heavy (non-hydrogen) atoms. The van der Waals surface area contributed by atoms with Crippen LogP contribution in [0.3, 0.4) is 0 Å². The molecule has 0 aliphatic rings. The quantitative estimate of drug-likeness (QED) is 0.441. The van der Waals surface area contributed by atoms with Gasteiger partial charge in [-0.1, -0.05) is 44.2 Å². The molecule has 0 fully saturated rings. The van der Waals surface area contributed by atoms with E-state index < -0.39 is 0 Å². The van der Waals surface area contributed by atoms with Gasteiger partial charge in [-0.2, -0.15) is 4.98 Å². The van der Waals surface area contributed by atoms with Crippen LogP contribution in [0.25, 0.3) is 5.82 Å². The monoisotopic (exact) mass is 415 g/mol. The second kappa shape index (κ2) is 8.87. The summed E-state index contributed by atoms with van der Waals surface area (Å²) in [6.07, 6.45) is 3.38. The number of nitrogens with zero attached hydrogens (tertiary/aromatic N) is 3. The molecule has 7 nitrogen and oxygen atoms in total. The SMILES string of the molecule is CC(C)c1c[nH]c(=O)n1-c1ccnc(N[C@@H](C)c2ccc(Oc3ccccc3)cc2)n1. The Morgan fingerprint density at radius 1 is 0.968 bits per heavy atom. The Morgan fingerprint density at radius 3 is 2.39 bits per heavy atom. The molecule has 4 rings (SSSR count). The molecule has 4 aromatic rings. The molecule has 0 saturated carbocycles. The van der Waals surface area contributed by atoms with Crippen LogP contribution in [0, 0.1) is 0 Å². The van der Waals surface area contributed by atoms with Crippen molar-refractivity contribution in [1.29, 1.82) is 0 Å². The van der Waals surface area contributed by atoms with Gasteiger partial charge in [0.1, 0.15) is 17.3 Å². The number of H-pyrrole nitrogens is 1. The first kappa shape index (κ1) is 20.4. The third kappa shape index (κ3) is 4.66. The van der Waals surface area contributed by atoms with Crippen LogP contribution in [0.1, 0.15) is 44.0 Å². The predicted octanol–water partition coefficient (Wildman–Crippen LogP) is 5.04. The van der Waals surface area contributed by atoms with E-state index in [2.05, 4.69) is 20.3 Å². The van der Waals surface area contributed by atoms with Gasteiger partial charge in [0.25, 0.3) is 0 Å². The maximum Gasteiger partial charge on any atom is 0.331 e. The van der Waals surface area contributed by atoms with E-state index in [0.29, 0.717) is 11.8 Å². The van der Waals surface area contributed by atoms with E-state index in [9.17, 15) is 4.79 Å². The second-order valence-corrected chi connectivity index (χ2v) is 7.60. The first-order valence-corrected chi connectivity index (χ1v) is 10.2. The molecular weight excluding hydrogens is 390 g/mol. The highest BCUT2D eigenvalue weighted by Gasteiger charge is 2.14. The maximum atomic E-state index is 12.3. The average molecular weight is 415 g/mol. The molecule has 1 atom stereocenters. The van der Waals surface area contributed by atoms with Crippen LogP contribution in [0.2, 0.25) is 0 Å². The molecule has 2 aromatic heterocycles. The number of aromatic nitrogens is 4. The summed E-state index contributed by atoms with van der Waals surface area (Å²) in [4.78, 5) is 23.9. The molecule has 0 spiro atoms. The summed E-state index contributed by atoms with van der Waals surface area (Å²) in [7, 11) is 0. The first-order chi connectivity index (χ1) is 15.0. The first-order valence-electron chi connectivity index (χ1n) is 10.2. The highest BCUT2D eigenvalue weighted by atomic mass is 16.5. The molecule has 158 valence electrons. The van der Waals surface area contributed by atoms with Gasteiger partial charge in [0.15, 0.2) is 0 Å². The fourth-order valence-electron chi connectivity index (χ4n) is 3.31. The fourth-order valence-corrected chi connectivity index (χ4v) is 3.31. The highest BCUT2D eigenvalue weighted by molar-refractivity contribution is 5.39. The number of hydrogen-bond acceptors (Lipinski definition) is 5. The molecule has 2 heterocycles. The van der Waals surface area contributed by atoms with Gasteiger partial charge in [0, 0.05) is 24.2 Å². The van der Waals surface area contributed by atoms with Crippen molar-refractivity contribution in [3.63, 3.8) is 0 Å². The largest absolute Gasteiger partial charge is 0.457 e. The standard InChI is InChI=1S/C24H25N5O2/c1-16(2)21-15-26-24(30)29(21)22-13-14-25-23(28-22)27-17(3)18-9-11-20(12-10-18)31-19-7-5-4-6-8-19/h4-17H,1-3H3,(H,26,30)(H,25,27,28)/t17-/m0/s1. The van der Waals surface area contributed by atoms with Crippen molar-refractivity contribution in [2.75, 3.05) is 5.32 Å². The normalized spacial score (nSPS) is 12.0. The Labute approximate surface area is 180 Å². The van der Waals surface area contributed by atoms with E-state index in [1.165, 1.54) is 0 Å². The number of hydrogen-bond donors (Lipinski definition) is 2. The van der Waals surface area contributed by atoms with Crippen molar-refractivity contribution in [1.82, 2.24) is 19.5 Å². The molecule has 7 heteroatoms. The Hall–Kier alpha value is -3.87. The third-order valence-electron chi connectivity index (χ3n) is 4.97. The van der Waals surface area contributed by atoms with Crippen molar-refractivity contribution in [3.8, 4) is 17.3 Å². The van der Waals surface area contributed by atoms with Crippen molar-refractivity contribution in [2.24, 2.45) is 0 Å². The minimum Gasteiger partial charge on any atom is -0.457 e. The number of rotatable bonds is 7. The number of imidazole rings is 1. The summed E-state index contributed by atoms with van der Waals surface area (Å²) in [5.41, 5.74) is 1.73. The number of nitrogens with one attached hydrogen (secondary N) is 2. The van der Waals surface area contributed by atoms with E-state index >= 15 is 0 Å². The van der Waals surface area contributed by atoms with Crippen molar-refractivity contribution in [3.05, 3.63) is 94.8 Å². The molecule has 0 saturated heterocycles. The van der Waals surface area contributed by atoms with Crippen LogP contribution in [-0.4, -0.2) is 19.5 Å². The van der Waals surface area contributed by atoms with Gasteiger partial charge in [0.05, 0.1) is 6.04 Å². The number of benzene rings is 2. The molecule has 0 radical (unpaired) electrons. The van der Waals surface area contributed by atoms with Crippen LogP contribution in [0.5, 0.6) is 11.5 Å². The molecule has 0 aliphatic carbocycles. The molecule has 0 unspecified atom stereocenters. The number of ether oxygens (including phenoxy) is 1. The summed E-state index contributed by atoms with van der Waals surface area (Å²) in [6.45, 7) is 6.10. The maximum absolute atomic E-state index is 12.3. The van der Waals surface area contributed by atoms with Crippen LogP contribution in [0.4, 0.5) is 5.95 Å². The topological polar surface area (TPSA) is 84.8 Å². The highest BCUT2D eigenvalue weighted by Crippen LogP contribution is 2.24. The van der Waals surface area contributed by atoms with E-state index in [1.807, 2.05) is 75.4 Å². The van der Waals surface area contributed by atoms with Crippen molar-refractivity contribution < 1.29 is 4.74 Å². The van der Waals surface area contributed by atoms with Gasteiger partial charge in [-0.15, -0.1) is 0 Å². The Morgan fingerprint density at radius 2 is 1.68 bits per heavy atom. The molecule has 2 N–H and O–H groups in total. The van der Waals surface area contributed by atoms with Gasteiger partial charge in [0.2, 0.25) is 5.95 Å². The lowest BCUT2D eigenvalue weighted by atomic mass is 10.1. The van der Waals surface area contributed by atoms with Crippen LogP contribution in [0.15, 0.2) is 77.9 Å². The van der Waals surface area contributed by atoms with Gasteiger partial charge in [-0.3, -0.25) is 0 Å². The predicted molar refractivity (Wildman–Crippen MR) is 121 cm³/mol. The zero-order valence-electron chi connectivity index (χ0n) is 17.7. The van der Waals surface area contributed by atoms with Crippen LogP contribution < -0.4 is 15.7 Å². The summed E-state index contributed by atoms with van der Waals surface area (Å²) >= 11 is 0. The number of aromatic amines is 1. The summed E-state index contributed by atoms with van der Waals surface area (Å²) in [6, 6.07) is 19.3. The van der Waals surface area contributed by atoms with Gasteiger partial charge < -0.3 is 15.0 Å². The van der Waals surface area contributed by atoms with E-state index in [4.69, 9.17) is 4.74 Å². The Kier molecular flexibility index (Phi) is 5.84. The number of anilines is 1. The summed E-state index contributed by atoms with van der Waals surface area (Å²) < 4.78 is 7.43. The molecule has 0 bridgehead atoms. The molecule has 0 amide bonds. The third-order valence-corrected chi connectivity index (χ3v) is 4.97. The second-order valence-electron chi connectivity index (χ2n) is 7.60. The van der Waals surface area contributed by atoms with Gasteiger partial charge >= 0.3 is 5.69 Å². The zero-order chi connectivity index (χ0) is 21.8. The molecular formula is C24H25N5O2. The van der Waals surface area contributed by atoms with Crippen LogP contribution in [-0.2, 0) is 0 Å². The number of para-hydroxylation sites is 1. The lowest BCUT2D eigenvalue weighted by molar-refractivity contribution is 0.482. The van der Waals surface area contributed by atoms with Crippen LogP contribution >= 0.6 is 0 Å². The zero-order valence-corrected chi connectivity index (χ0v) is 17.7. The smallest absolute Gasteiger partial charge is 0.331 e. The molecule has 0 aliphatic heterocycles. The average Bonchev–Trinajstić information content (AvgIpc) is 3.17. The lowest BCUT2D eigenvalue weighted by Crippen LogP contribution is -2.19. The van der Waals surface area contributed by atoms with Crippen molar-refractivity contribution >= 4 is 5.95 Å². The van der Waals surface area contributed by atoms with Gasteiger partial charge in [-0.25, -0.2) is 14.3 Å². The molecule has 2 aromatic carbocycles. The Balaban J connectivity index is 1.49. The Bertz CT molecular complexity index is 1200. The van der Waals surface area contributed by atoms with E-state index in [1.54, 1.807) is 23.0 Å². The lowest BCUT2D eigenvalue weighted by Gasteiger charge is -2.16. The van der Waals surface area contributed by atoms with Gasteiger partial charge in [-0.05, 0) is 42.7 Å².